The van der Waals surface area contributed by atoms with Gasteiger partial charge in [0.1, 0.15) is 0 Å². The number of aliphatic hydroxyl groups is 1. The van der Waals surface area contributed by atoms with Gasteiger partial charge >= 0.3 is 5.97 Å². The molecular formula is C11H20O4Si. The maximum Gasteiger partial charge on any atom is 0.335 e. The first-order valence-electron chi connectivity index (χ1n) is 5.71. The zero-order chi connectivity index (χ0) is 12.0. The highest BCUT2D eigenvalue weighted by Crippen LogP contribution is 2.28. The van der Waals surface area contributed by atoms with Crippen LogP contribution >= 0.6 is 0 Å². The second kappa shape index (κ2) is 6.17. The topological polar surface area (TPSA) is 55.8 Å². The molecule has 0 aliphatic carbocycles. The molecule has 0 aromatic rings. The lowest BCUT2D eigenvalue weighted by atomic mass is 10.0. The summed E-state index contributed by atoms with van der Waals surface area (Å²) in [5.41, 5.74) is 0.441. The number of hydrogen-bond donors (Lipinski definition) is 1. The van der Waals surface area contributed by atoms with Crippen molar-refractivity contribution in [2.24, 2.45) is 0 Å². The van der Waals surface area contributed by atoms with Gasteiger partial charge in [0.2, 0.25) is 0 Å². The van der Waals surface area contributed by atoms with Crippen molar-refractivity contribution >= 4 is 16.2 Å². The molecule has 5 heteroatoms. The van der Waals surface area contributed by atoms with Crippen molar-refractivity contribution in [3.05, 3.63) is 12.2 Å². The van der Waals surface area contributed by atoms with Crippen LogP contribution in [0.3, 0.4) is 0 Å². The molecule has 1 atom stereocenters. The molecule has 0 aromatic heterocycles. The summed E-state index contributed by atoms with van der Waals surface area (Å²) < 4.78 is 10.7. The van der Waals surface area contributed by atoms with Crippen LogP contribution in [0.5, 0.6) is 0 Å². The van der Waals surface area contributed by atoms with Gasteiger partial charge < -0.3 is 14.6 Å². The normalized spacial score (nSPS) is 25.3. The van der Waals surface area contributed by atoms with E-state index in [1.165, 1.54) is 0 Å². The first kappa shape index (κ1) is 13.4. The van der Waals surface area contributed by atoms with Crippen molar-refractivity contribution in [3.8, 4) is 0 Å². The Kier molecular flexibility index (Phi) is 5.17. The van der Waals surface area contributed by atoms with Crippen LogP contribution in [-0.4, -0.2) is 46.4 Å². The van der Waals surface area contributed by atoms with Gasteiger partial charge in [-0.1, -0.05) is 6.58 Å². The van der Waals surface area contributed by atoms with Crippen molar-refractivity contribution in [3.63, 3.8) is 0 Å². The average Bonchev–Trinajstić information content (AvgIpc) is 2.29. The fourth-order valence-electron chi connectivity index (χ4n) is 1.70. The molecule has 92 valence electrons. The third-order valence-electron chi connectivity index (χ3n) is 2.89. The van der Waals surface area contributed by atoms with E-state index in [9.17, 15) is 4.79 Å². The van der Waals surface area contributed by atoms with Crippen molar-refractivity contribution < 1.29 is 19.4 Å². The highest BCUT2D eigenvalue weighted by molar-refractivity contribution is 6.20. The van der Waals surface area contributed by atoms with Gasteiger partial charge in [-0.05, 0) is 19.3 Å². The van der Waals surface area contributed by atoms with E-state index in [-0.39, 0.29) is 19.2 Å². The molecule has 1 N–H and O–H groups in total. The quantitative estimate of drug-likeness (QED) is 0.313. The minimum atomic E-state index is -0.436. The van der Waals surface area contributed by atoms with Crippen LogP contribution in [-0.2, 0) is 14.3 Å². The van der Waals surface area contributed by atoms with E-state index in [1.54, 1.807) is 0 Å². The van der Waals surface area contributed by atoms with Crippen LogP contribution in [0.1, 0.15) is 25.7 Å². The minimum Gasteiger partial charge on any atom is -0.462 e. The van der Waals surface area contributed by atoms with E-state index >= 15 is 0 Å². The Morgan fingerprint density at radius 3 is 2.88 bits per heavy atom. The SMILES string of the molecule is C=C(C(=O)OCCCO)C1([SiH3])CCCCO1. The van der Waals surface area contributed by atoms with Crippen LogP contribution < -0.4 is 0 Å². The Hall–Kier alpha value is -0.653. The standard InChI is InChI=1S/C11H20O4Si/c1-9(10(13)14-7-4-6-12)11(16)5-2-3-8-15-11/h12H,1-8H2,16H3. The van der Waals surface area contributed by atoms with Gasteiger partial charge in [0.25, 0.3) is 0 Å². The largest absolute Gasteiger partial charge is 0.462 e. The molecule has 0 amide bonds. The molecular weight excluding hydrogens is 224 g/mol. The summed E-state index contributed by atoms with van der Waals surface area (Å²) in [4.78, 5) is 11.7. The molecule has 16 heavy (non-hydrogen) atoms. The maximum absolute atomic E-state index is 11.7. The lowest BCUT2D eigenvalue weighted by Crippen LogP contribution is -2.41. The molecule has 1 saturated heterocycles. The second-order valence-corrected chi connectivity index (χ2v) is 5.84. The van der Waals surface area contributed by atoms with Gasteiger partial charge in [-0.15, -0.1) is 0 Å². The molecule has 0 radical (unpaired) electrons. The number of ether oxygens (including phenoxy) is 2. The van der Waals surface area contributed by atoms with E-state index in [0.717, 1.165) is 29.5 Å². The van der Waals surface area contributed by atoms with Crippen LogP contribution in [0.15, 0.2) is 12.2 Å². The summed E-state index contributed by atoms with van der Waals surface area (Å²) in [7, 11) is 0.749. The van der Waals surface area contributed by atoms with Crippen molar-refractivity contribution in [1.29, 1.82) is 0 Å². The molecule has 1 aliphatic heterocycles. The second-order valence-electron chi connectivity index (χ2n) is 4.23. The molecule has 1 fully saturated rings. The summed E-state index contributed by atoms with van der Waals surface area (Å²) >= 11 is 0. The van der Waals surface area contributed by atoms with Gasteiger partial charge in [0.15, 0.2) is 0 Å². The zero-order valence-corrected chi connectivity index (χ0v) is 11.8. The fraction of sp³-hybridized carbons (Fsp3) is 0.727. The Morgan fingerprint density at radius 1 is 1.56 bits per heavy atom. The van der Waals surface area contributed by atoms with E-state index in [4.69, 9.17) is 14.6 Å². The third kappa shape index (κ3) is 3.43. The van der Waals surface area contributed by atoms with Crippen LogP contribution in [0.2, 0.25) is 0 Å². The van der Waals surface area contributed by atoms with Crippen LogP contribution in [0.25, 0.3) is 0 Å². The lowest BCUT2D eigenvalue weighted by molar-refractivity contribution is -0.142. The highest BCUT2D eigenvalue weighted by Gasteiger charge is 2.35. The molecule has 4 nitrogen and oxygen atoms in total. The molecule has 1 rings (SSSR count). The fourth-order valence-corrected chi connectivity index (χ4v) is 2.47. The Balaban J connectivity index is 2.45. The molecule has 0 saturated carbocycles. The number of hydrogen-bond acceptors (Lipinski definition) is 4. The predicted molar refractivity (Wildman–Crippen MR) is 64.3 cm³/mol. The summed E-state index contributed by atoms with van der Waals surface area (Å²) in [6, 6.07) is 0. The Labute approximate surface area is 99.0 Å². The number of rotatable bonds is 5. The summed E-state index contributed by atoms with van der Waals surface area (Å²) in [6.45, 7) is 4.77. The van der Waals surface area contributed by atoms with E-state index in [1.807, 2.05) is 0 Å². The monoisotopic (exact) mass is 244 g/mol. The van der Waals surface area contributed by atoms with Gasteiger partial charge in [-0.2, -0.15) is 0 Å². The summed E-state index contributed by atoms with van der Waals surface area (Å²) in [5, 5.41) is 8.15. The molecule has 0 aromatic carbocycles. The molecule has 0 bridgehead atoms. The Morgan fingerprint density at radius 2 is 2.31 bits per heavy atom. The summed E-state index contributed by atoms with van der Waals surface area (Å²) in [6.07, 6.45) is 3.46. The molecule has 0 spiro atoms. The first-order valence-corrected chi connectivity index (χ1v) is 6.71. The number of carbonyl (C=O) groups is 1. The number of carbonyl (C=O) groups excluding carboxylic acids is 1. The smallest absolute Gasteiger partial charge is 0.335 e. The van der Waals surface area contributed by atoms with E-state index in [0.29, 0.717) is 18.6 Å². The van der Waals surface area contributed by atoms with Gasteiger partial charge in [-0.3, -0.25) is 0 Å². The van der Waals surface area contributed by atoms with Gasteiger partial charge in [0, 0.05) is 29.9 Å². The van der Waals surface area contributed by atoms with Crippen LogP contribution in [0, 0.1) is 0 Å². The molecule has 1 heterocycles. The maximum atomic E-state index is 11.7. The average molecular weight is 244 g/mol. The first-order chi connectivity index (χ1) is 7.60. The molecule has 1 aliphatic rings. The van der Waals surface area contributed by atoms with Crippen molar-refractivity contribution in [2.75, 3.05) is 19.8 Å². The predicted octanol–water partition coefficient (Wildman–Crippen LogP) is -0.270. The summed E-state index contributed by atoms with van der Waals surface area (Å²) in [5.74, 6) is -0.384. The Bertz CT molecular complexity index is 259. The van der Waals surface area contributed by atoms with E-state index in [2.05, 4.69) is 6.58 Å². The lowest BCUT2D eigenvalue weighted by Gasteiger charge is -2.34. The van der Waals surface area contributed by atoms with Crippen molar-refractivity contribution in [2.45, 2.75) is 30.9 Å². The third-order valence-corrected chi connectivity index (χ3v) is 4.28. The van der Waals surface area contributed by atoms with E-state index < -0.39 is 5.22 Å². The van der Waals surface area contributed by atoms with Crippen LogP contribution in [0.4, 0.5) is 0 Å². The number of aliphatic hydroxyl groups excluding tert-OH is 1. The van der Waals surface area contributed by atoms with Gasteiger partial charge in [-0.25, -0.2) is 4.79 Å². The number of esters is 1. The zero-order valence-electron chi connectivity index (χ0n) is 9.83. The molecule has 1 unspecified atom stereocenters. The highest BCUT2D eigenvalue weighted by atomic mass is 28.1. The minimum absolute atomic E-state index is 0.0300. The van der Waals surface area contributed by atoms with Crippen molar-refractivity contribution in [1.82, 2.24) is 0 Å². The van der Waals surface area contributed by atoms with Gasteiger partial charge in [0.05, 0.1) is 17.4 Å².